The number of ether oxygens (including phenoxy) is 3. The van der Waals surface area contributed by atoms with Gasteiger partial charge in [0.1, 0.15) is 12.2 Å². The summed E-state index contributed by atoms with van der Waals surface area (Å²) in [7, 11) is 1.27. The summed E-state index contributed by atoms with van der Waals surface area (Å²) in [6.45, 7) is 10.1. The van der Waals surface area contributed by atoms with Gasteiger partial charge in [0.05, 0.1) is 20.3 Å². The lowest BCUT2D eigenvalue weighted by molar-refractivity contribution is -0.133. The van der Waals surface area contributed by atoms with Crippen LogP contribution in [0.4, 0.5) is 0 Å². The van der Waals surface area contributed by atoms with Crippen LogP contribution in [0, 0.1) is 11.8 Å². The first kappa shape index (κ1) is 20.2. The molecule has 0 aliphatic heterocycles. The van der Waals surface area contributed by atoms with Gasteiger partial charge in [0, 0.05) is 10.4 Å². The van der Waals surface area contributed by atoms with Gasteiger partial charge in [-0.2, -0.15) is 0 Å². The quantitative estimate of drug-likeness (QED) is 0.293. The van der Waals surface area contributed by atoms with E-state index in [0.29, 0.717) is 11.1 Å². The molecule has 0 aromatic heterocycles. The molecule has 4 nitrogen and oxygen atoms in total. The van der Waals surface area contributed by atoms with Crippen LogP contribution in [0.15, 0.2) is 53.5 Å². The van der Waals surface area contributed by atoms with Crippen molar-refractivity contribution < 1.29 is 19.0 Å². The van der Waals surface area contributed by atoms with Gasteiger partial charge < -0.3 is 14.2 Å². The van der Waals surface area contributed by atoms with Gasteiger partial charge in [0.25, 0.3) is 0 Å². The summed E-state index contributed by atoms with van der Waals surface area (Å²) < 4.78 is 16.8. The highest BCUT2D eigenvalue weighted by atomic mass is 79.9. The van der Waals surface area contributed by atoms with Crippen molar-refractivity contribution in [2.45, 2.75) is 25.7 Å². The third-order valence-electron chi connectivity index (χ3n) is 2.95. The summed E-state index contributed by atoms with van der Waals surface area (Å²) in [5, 5.41) is 0. The number of halogens is 1. The first-order valence-electron chi connectivity index (χ1n) is 7.29. The average molecular weight is 393 g/mol. The van der Waals surface area contributed by atoms with Crippen molar-refractivity contribution in [2.24, 2.45) is 0 Å². The first-order valence-corrected chi connectivity index (χ1v) is 8.08. The molecule has 0 heterocycles. The number of carbonyl (C=O) groups is 1. The molecule has 0 N–H and O–H groups in total. The maximum absolute atomic E-state index is 11.3. The van der Waals surface area contributed by atoms with E-state index in [4.69, 9.17) is 9.47 Å². The van der Waals surface area contributed by atoms with Gasteiger partial charge in [-0.3, -0.25) is 0 Å². The molecule has 0 bridgehead atoms. The van der Waals surface area contributed by atoms with E-state index in [1.54, 1.807) is 0 Å². The van der Waals surface area contributed by atoms with E-state index in [1.807, 2.05) is 37.3 Å². The summed E-state index contributed by atoms with van der Waals surface area (Å²) in [6, 6.07) is 9.75. The first-order chi connectivity index (χ1) is 11.4. The second kappa shape index (κ2) is 10.8. The second-order valence-electron chi connectivity index (χ2n) is 5.07. The molecule has 24 heavy (non-hydrogen) atoms. The Bertz CT molecular complexity index is 628. The third kappa shape index (κ3) is 7.60. The predicted molar refractivity (Wildman–Crippen MR) is 97.4 cm³/mol. The highest BCUT2D eigenvalue weighted by molar-refractivity contribution is 9.11. The van der Waals surface area contributed by atoms with Crippen molar-refractivity contribution in [1.82, 2.24) is 0 Å². The fraction of sp³-hybridized carbons (Fsp3) is 0.316. The second-order valence-corrected chi connectivity index (χ2v) is 6.19. The SMILES string of the molecule is C=C(Br)CO[C@@H](C#CC(=O)OC)[C@H](OCc1ccccc1)C(=C)C. The molecular weight excluding hydrogens is 372 g/mol. The Kier molecular flexibility index (Phi) is 9.10. The normalized spacial score (nSPS) is 12.5. The van der Waals surface area contributed by atoms with E-state index >= 15 is 0 Å². The lowest BCUT2D eigenvalue weighted by Crippen LogP contribution is -2.32. The Hall–Kier alpha value is -1.87. The molecule has 128 valence electrons. The summed E-state index contributed by atoms with van der Waals surface area (Å²) in [4.78, 5) is 11.3. The maximum Gasteiger partial charge on any atom is 0.384 e. The molecule has 0 aliphatic rings. The zero-order valence-corrected chi connectivity index (χ0v) is 15.5. The van der Waals surface area contributed by atoms with E-state index in [0.717, 1.165) is 11.1 Å². The molecule has 0 saturated heterocycles. The van der Waals surface area contributed by atoms with Crippen LogP contribution in [0.1, 0.15) is 12.5 Å². The van der Waals surface area contributed by atoms with E-state index < -0.39 is 18.2 Å². The lowest BCUT2D eigenvalue weighted by Gasteiger charge is -2.24. The minimum atomic E-state index is -0.667. The minimum absolute atomic E-state index is 0.235. The fourth-order valence-corrected chi connectivity index (χ4v) is 1.95. The Morgan fingerprint density at radius 1 is 1.25 bits per heavy atom. The van der Waals surface area contributed by atoms with Crippen LogP contribution < -0.4 is 0 Å². The Balaban J connectivity index is 2.88. The molecule has 1 aromatic rings. The van der Waals surface area contributed by atoms with Crippen LogP contribution in [0.2, 0.25) is 0 Å². The Morgan fingerprint density at radius 3 is 2.46 bits per heavy atom. The van der Waals surface area contributed by atoms with Gasteiger partial charge in [-0.1, -0.05) is 65.3 Å². The fourth-order valence-electron chi connectivity index (χ4n) is 1.81. The minimum Gasteiger partial charge on any atom is -0.459 e. The molecule has 0 spiro atoms. The molecule has 0 amide bonds. The molecule has 0 aliphatic carbocycles. The number of carbonyl (C=O) groups excluding carboxylic acids is 1. The van der Waals surface area contributed by atoms with Crippen molar-refractivity contribution in [3.05, 3.63) is 59.1 Å². The molecule has 0 fully saturated rings. The van der Waals surface area contributed by atoms with Gasteiger partial charge in [-0.15, -0.1) is 0 Å². The Morgan fingerprint density at radius 2 is 1.92 bits per heavy atom. The van der Waals surface area contributed by atoms with E-state index in [1.165, 1.54) is 7.11 Å². The van der Waals surface area contributed by atoms with Crippen LogP contribution in [0.5, 0.6) is 0 Å². The van der Waals surface area contributed by atoms with Crippen LogP contribution in [-0.2, 0) is 25.6 Å². The van der Waals surface area contributed by atoms with Crippen molar-refractivity contribution in [1.29, 1.82) is 0 Å². The van der Waals surface area contributed by atoms with Crippen molar-refractivity contribution in [3.63, 3.8) is 0 Å². The maximum atomic E-state index is 11.3. The molecule has 1 aromatic carbocycles. The molecule has 1 rings (SSSR count). The van der Waals surface area contributed by atoms with Gasteiger partial charge in [0.2, 0.25) is 0 Å². The van der Waals surface area contributed by atoms with Crippen LogP contribution >= 0.6 is 15.9 Å². The number of hydrogen-bond donors (Lipinski definition) is 0. The number of methoxy groups -OCH3 is 1. The molecule has 0 saturated carbocycles. The van der Waals surface area contributed by atoms with Crippen molar-refractivity contribution in [3.8, 4) is 11.8 Å². The van der Waals surface area contributed by atoms with Crippen LogP contribution in [0.3, 0.4) is 0 Å². The third-order valence-corrected chi connectivity index (χ3v) is 3.18. The summed E-state index contributed by atoms with van der Waals surface area (Å²) >= 11 is 3.24. The predicted octanol–water partition coefficient (Wildman–Crippen LogP) is 3.62. The largest absolute Gasteiger partial charge is 0.459 e. The van der Waals surface area contributed by atoms with Gasteiger partial charge in [-0.05, 0) is 18.1 Å². The smallest absolute Gasteiger partial charge is 0.384 e. The van der Waals surface area contributed by atoms with E-state index in [9.17, 15) is 4.79 Å². The molecule has 0 unspecified atom stereocenters. The number of hydrogen-bond acceptors (Lipinski definition) is 4. The summed E-state index contributed by atoms with van der Waals surface area (Å²) in [5.41, 5.74) is 1.77. The Labute approximate surface area is 151 Å². The van der Waals surface area contributed by atoms with Crippen LogP contribution in [-0.4, -0.2) is 31.9 Å². The number of benzene rings is 1. The van der Waals surface area contributed by atoms with Gasteiger partial charge in [-0.25, -0.2) is 4.79 Å². The number of rotatable bonds is 8. The summed E-state index contributed by atoms with van der Waals surface area (Å²) in [6.07, 6.45) is -1.16. The lowest BCUT2D eigenvalue weighted by atomic mass is 10.1. The zero-order valence-electron chi connectivity index (χ0n) is 13.9. The molecule has 2 atom stereocenters. The molecule has 5 heteroatoms. The molecular formula is C19H21BrO4. The number of esters is 1. The average Bonchev–Trinajstić information content (AvgIpc) is 2.56. The topological polar surface area (TPSA) is 44.8 Å². The highest BCUT2D eigenvalue weighted by Crippen LogP contribution is 2.16. The highest BCUT2D eigenvalue weighted by Gasteiger charge is 2.23. The van der Waals surface area contributed by atoms with Crippen molar-refractivity contribution >= 4 is 21.9 Å². The monoisotopic (exact) mass is 392 g/mol. The van der Waals surface area contributed by atoms with Gasteiger partial charge in [0.15, 0.2) is 0 Å². The van der Waals surface area contributed by atoms with Crippen LogP contribution in [0.25, 0.3) is 0 Å². The standard InChI is InChI=1S/C19H21BrO4/c1-14(2)19(24-13-16-8-6-5-7-9-16)17(23-12-15(3)20)10-11-18(21)22-4/h5-9,17,19H,1,3,12-13H2,2,4H3/t17-,19+/m0/s1. The zero-order chi connectivity index (χ0) is 17.9. The summed E-state index contributed by atoms with van der Waals surface area (Å²) in [5.74, 6) is 4.50. The van der Waals surface area contributed by atoms with E-state index in [-0.39, 0.29) is 6.61 Å². The van der Waals surface area contributed by atoms with Gasteiger partial charge >= 0.3 is 5.97 Å². The van der Waals surface area contributed by atoms with Crippen molar-refractivity contribution in [2.75, 3.05) is 13.7 Å². The van der Waals surface area contributed by atoms with E-state index in [2.05, 4.69) is 45.7 Å². The molecule has 0 radical (unpaired) electrons.